The van der Waals surface area contributed by atoms with E-state index in [1.165, 1.54) is 0 Å². The largest absolute Gasteiger partial charge is 0.346 e. The number of nitrogens with zero attached hydrogens (tertiary/aromatic N) is 1. The van der Waals surface area contributed by atoms with E-state index < -0.39 is 0 Å². The Bertz CT molecular complexity index is 470. The van der Waals surface area contributed by atoms with Gasteiger partial charge in [0.1, 0.15) is 6.29 Å². The van der Waals surface area contributed by atoms with Crippen LogP contribution in [0.1, 0.15) is 11.1 Å². The maximum absolute atomic E-state index is 10.9. The van der Waals surface area contributed by atoms with Crippen molar-refractivity contribution < 1.29 is 4.79 Å². The smallest absolute Gasteiger partial charge is 0.183 e. The van der Waals surface area contributed by atoms with Gasteiger partial charge in [0, 0.05) is 23.7 Å². The van der Waals surface area contributed by atoms with E-state index in [1.54, 1.807) is 4.81 Å². The van der Waals surface area contributed by atoms with Crippen LogP contribution < -0.4 is 0 Å². The normalized spacial score (nSPS) is 16.9. The third-order valence-electron chi connectivity index (χ3n) is 2.71. The van der Waals surface area contributed by atoms with Crippen LogP contribution in [0.5, 0.6) is 0 Å². The summed E-state index contributed by atoms with van der Waals surface area (Å²) in [6.07, 6.45) is 0.860. The third-order valence-corrected chi connectivity index (χ3v) is 3.03. The first kappa shape index (κ1) is 11.4. The summed E-state index contributed by atoms with van der Waals surface area (Å²) < 4.78 is 0. The van der Waals surface area contributed by atoms with Crippen molar-refractivity contribution >= 4 is 31.4 Å². The summed E-state index contributed by atoms with van der Waals surface area (Å²) in [7, 11) is 5.70. The highest BCUT2D eigenvalue weighted by Crippen LogP contribution is 2.30. The fourth-order valence-corrected chi connectivity index (χ4v) is 2.26. The number of aryl methyl sites for hydroxylation is 1. The number of halogens is 1. The molecule has 0 aromatic heterocycles. The van der Waals surface area contributed by atoms with E-state index in [1.807, 2.05) is 25.1 Å². The van der Waals surface area contributed by atoms with Crippen molar-refractivity contribution in [2.75, 3.05) is 13.1 Å². The summed E-state index contributed by atoms with van der Waals surface area (Å²) in [6, 6.07) is 5.82. The van der Waals surface area contributed by atoms with Gasteiger partial charge in [-0.05, 0) is 29.7 Å². The fourth-order valence-electron chi connectivity index (χ4n) is 1.91. The Morgan fingerprint density at radius 1 is 1.44 bits per heavy atom. The van der Waals surface area contributed by atoms with E-state index in [0.29, 0.717) is 23.7 Å². The highest BCUT2D eigenvalue weighted by atomic mass is 35.5. The van der Waals surface area contributed by atoms with Crippen LogP contribution in [0.3, 0.4) is 0 Å². The molecule has 2 radical (unpaired) electrons. The molecule has 1 aliphatic rings. The van der Waals surface area contributed by atoms with Crippen LogP contribution >= 0.6 is 11.6 Å². The number of aldehydes is 1. The number of rotatable bonds is 2. The lowest BCUT2D eigenvalue weighted by Crippen LogP contribution is -2.16. The molecule has 1 aliphatic heterocycles. The molecule has 16 heavy (non-hydrogen) atoms. The van der Waals surface area contributed by atoms with E-state index >= 15 is 0 Å². The molecule has 80 valence electrons. The Morgan fingerprint density at radius 3 is 2.81 bits per heavy atom. The van der Waals surface area contributed by atoms with Gasteiger partial charge in [-0.25, -0.2) is 0 Å². The molecule has 0 fully saturated rings. The molecule has 0 N–H and O–H groups in total. The van der Waals surface area contributed by atoms with Gasteiger partial charge in [-0.1, -0.05) is 23.7 Å². The van der Waals surface area contributed by atoms with Crippen LogP contribution in [0.25, 0.3) is 5.57 Å². The minimum absolute atomic E-state index is 0.489. The van der Waals surface area contributed by atoms with E-state index in [2.05, 4.69) is 0 Å². The Labute approximate surface area is 101 Å². The monoisotopic (exact) mass is 231 g/mol. The summed E-state index contributed by atoms with van der Waals surface area (Å²) in [6.45, 7) is 3.04. The first-order valence-corrected chi connectivity index (χ1v) is 5.43. The molecule has 4 heteroatoms. The predicted octanol–water partition coefficient (Wildman–Crippen LogP) is 2.00. The van der Waals surface area contributed by atoms with E-state index in [9.17, 15) is 4.79 Å². The molecule has 0 saturated carbocycles. The molecule has 0 bridgehead atoms. The third kappa shape index (κ3) is 2.06. The zero-order valence-corrected chi connectivity index (χ0v) is 9.79. The number of hydrogen-bond donors (Lipinski definition) is 0. The SMILES string of the molecule is [B]N1CC(C=O)=C(c2ccc(C)cc2Cl)C1. The molecule has 1 aromatic carbocycles. The van der Waals surface area contributed by atoms with Gasteiger partial charge in [-0.3, -0.25) is 4.79 Å². The average molecular weight is 231 g/mol. The molecular formula is C12H11BClNO. The minimum Gasteiger partial charge on any atom is -0.346 e. The number of hydrogen-bond acceptors (Lipinski definition) is 2. The number of benzene rings is 1. The summed E-state index contributed by atoms with van der Waals surface area (Å²) in [4.78, 5) is 12.5. The van der Waals surface area contributed by atoms with E-state index in [0.717, 1.165) is 23.0 Å². The molecule has 0 saturated heterocycles. The van der Waals surface area contributed by atoms with Crippen molar-refractivity contribution in [3.05, 3.63) is 39.9 Å². The second-order valence-electron chi connectivity index (χ2n) is 4.01. The molecule has 0 amide bonds. The second kappa shape index (κ2) is 4.44. The van der Waals surface area contributed by atoms with Crippen molar-refractivity contribution in [1.29, 1.82) is 0 Å². The Balaban J connectivity index is 2.47. The zero-order chi connectivity index (χ0) is 11.7. The first-order chi connectivity index (χ1) is 7.61. The highest BCUT2D eigenvalue weighted by Gasteiger charge is 2.20. The number of carbonyl (C=O) groups is 1. The molecule has 2 nitrogen and oxygen atoms in total. The van der Waals surface area contributed by atoms with Gasteiger partial charge in [0.25, 0.3) is 0 Å². The fraction of sp³-hybridized carbons (Fsp3) is 0.250. The quantitative estimate of drug-likeness (QED) is 0.573. The maximum Gasteiger partial charge on any atom is 0.183 e. The lowest BCUT2D eigenvalue weighted by atomic mass is 10.0. The molecule has 0 spiro atoms. The van der Waals surface area contributed by atoms with Crippen molar-refractivity contribution in [3.63, 3.8) is 0 Å². The minimum atomic E-state index is 0.489. The zero-order valence-electron chi connectivity index (χ0n) is 9.03. The van der Waals surface area contributed by atoms with Crippen molar-refractivity contribution in [1.82, 2.24) is 4.81 Å². The van der Waals surface area contributed by atoms with Gasteiger partial charge in [0.15, 0.2) is 7.98 Å². The summed E-state index contributed by atoms with van der Waals surface area (Å²) >= 11 is 6.17. The van der Waals surface area contributed by atoms with Crippen molar-refractivity contribution in [2.45, 2.75) is 6.92 Å². The Hall–Kier alpha value is -1.06. The predicted molar refractivity (Wildman–Crippen MR) is 66.5 cm³/mol. The Morgan fingerprint density at radius 2 is 2.19 bits per heavy atom. The lowest BCUT2D eigenvalue weighted by molar-refractivity contribution is -0.104. The van der Waals surface area contributed by atoms with Crippen LogP contribution in [0, 0.1) is 6.92 Å². The van der Waals surface area contributed by atoms with Gasteiger partial charge in [-0.2, -0.15) is 0 Å². The van der Waals surface area contributed by atoms with Gasteiger partial charge in [0.05, 0.1) is 0 Å². The van der Waals surface area contributed by atoms with E-state index in [-0.39, 0.29) is 0 Å². The van der Waals surface area contributed by atoms with Gasteiger partial charge >= 0.3 is 0 Å². The average Bonchev–Trinajstić information content (AvgIpc) is 2.59. The molecule has 0 unspecified atom stereocenters. The van der Waals surface area contributed by atoms with Crippen LogP contribution in [0.2, 0.25) is 5.02 Å². The van der Waals surface area contributed by atoms with Crippen LogP contribution in [0.4, 0.5) is 0 Å². The molecule has 0 aliphatic carbocycles. The van der Waals surface area contributed by atoms with Gasteiger partial charge < -0.3 is 4.81 Å². The van der Waals surface area contributed by atoms with Gasteiger partial charge in [-0.15, -0.1) is 0 Å². The van der Waals surface area contributed by atoms with Crippen LogP contribution in [-0.2, 0) is 4.79 Å². The first-order valence-electron chi connectivity index (χ1n) is 5.05. The molecule has 1 heterocycles. The standard InChI is InChI=1S/C12H11BClNO/c1-8-2-3-10(12(14)4-8)11-6-15(13)5-9(11)7-16/h2-4,7H,5-6H2,1H3. The van der Waals surface area contributed by atoms with Gasteiger partial charge in [0.2, 0.25) is 0 Å². The van der Waals surface area contributed by atoms with Crippen LogP contribution in [0.15, 0.2) is 23.8 Å². The summed E-state index contributed by atoms with van der Waals surface area (Å²) in [5.74, 6) is 0. The second-order valence-corrected chi connectivity index (χ2v) is 4.42. The molecule has 1 aromatic rings. The maximum atomic E-state index is 10.9. The van der Waals surface area contributed by atoms with Crippen molar-refractivity contribution in [2.24, 2.45) is 0 Å². The molecule has 0 atom stereocenters. The van der Waals surface area contributed by atoms with Crippen molar-refractivity contribution in [3.8, 4) is 0 Å². The van der Waals surface area contributed by atoms with E-state index in [4.69, 9.17) is 19.6 Å². The number of carbonyl (C=O) groups excluding carboxylic acids is 1. The Kier molecular flexibility index (Phi) is 3.17. The summed E-state index contributed by atoms with van der Waals surface area (Å²) in [5.41, 5.74) is 3.66. The van der Waals surface area contributed by atoms with Crippen LogP contribution in [-0.4, -0.2) is 32.2 Å². The summed E-state index contributed by atoms with van der Waals surface area (Å²) in [5, 5.41) is 0.671. The molecular weight excluding hydrogens is 220 g/mol. The molecule has 2 rings (SSSR count). The topological polar surface area (TPSA) is 20.3 Å². The highest BCUT2D eigenvalue weighted by molar-refractivity contribution is 6.32. The lowest BCUT2D eigenvalue weighted by Gasteiger charge is -2.09.